The molecule has 0 saturated carbocycles. The highest BCUT2D eigenvalue weighted by Crippen LogP contribution is 2.39. The minimum atomic E-state index is -0.307. The van der Waals surface area contributed by atoms with E-state index in [-0.39, 0.29) is 17.2 Å². The van der Waals surface area contributed by atoms with Gasteiger partial charge in [0.1, 0.15) is 5.25 Å². The molecule has 2 heterocycles. The van der Waals surface area contributed by atoms with Crippen LogP contribution in [0.5, 0.6) is 0 Å². The van der Waals surface area contributed by atoms with E-state index in [2.05, 4.69) is 46.8 Å². The normalized spacial score (nSPS) is 18.0. The molecule has 0 spiro atoms. The average Bonchev–Trinajstić information content (AvgIpc) is 3.18. The molecular weight excluding hydrogens is 382 g/mol. The van der Waals surface area contributed by atoms with Crippen molar-refractivity contribution >= 4 is 17.7 Å². The van der Waals surface area contributed by atoms with Crippen molar-refractivity contribution in [1.29, 1.82) is 0 Å². The maximum atomic E-state index is 13.3. The van der Waals surface area contributed by atoms with Crippen LogP contribution in [0.4, 0.5) is 0 Å². The molecule has 0 saturated heterocycles. The summed E-state index contributed by atoms with van der Waals surface area (Å²) < 4.78 is 1.91. The number of carbonyl (C=O) groups excluding carboxylic acids is 1. The number of carbonyl (C=O) groups is 1. The van der Waals surface area contributed by atoms with Crippen LogP contribution in [0.25, 0.3) is 11.4 Å². The van der Waals surface area contributed by atoms with E-state index in [4.69, 9.17) is 0 Å². The van der Waals surface area contributed by atoms with Crippen molar-refractivity contribution in [2.24, 2.45) is 0 Å². The third-order valence-electron chi connectivity index (χ3n) is 5.22. The van der Waals surface area contributed by atoms with E-state index in [1.54, 1.807) is 0 Å². The van der Waals surface area contributed by atoms with Crippen molar-refractivity contribution < 1.29 is 4.79 Å². The molecule has 1 N–H and O–H groups in total. The lowest BCUT2D eigenvalue weighted by atomic mass is 10.0. The molecule has 3 aromatic rings. The van der Waals surface area contributed by atoms with Crippen LogP contribution in [0.15, 0.2) is 59.8 Å². The van der Waals surface area contributed by atoms with Crippen molar-refractivity contribution in [3.05, 3.63) is 65.7 Å². The lowest BCUT2D eigenvalue weighted by Crippen LogP contribution is -2.46. The Morgan fingerprint density at radius 1 is 1.07 bits per heavy atom. The molecule has 0 radical (unpaired) electrons. The summed E-state index contributed by atoms with van der Waals surface area (Å²) in [4.78, 5) is 15.2. The molecule has 0 fully saturated rings. The molecule has 2 aromatic carbocycles. The summed E-state index contributed by atoms with van der Waals surface area (Å²) in [6.45, 7) is 7.47. The average molecular weight is 408 g/mol. The van der Waals surface area contributed by atoms with Crippen LogP contribution in [0.1, 0.15) is 31.0 Å². The fourth-order valence-corrected chi connectivity index (χ4v) is 4.72. The fourth-order valence-electron chi connectivity index (χ4n) is 3.56. The number of benzene rings is 2. The second kappa shape index (κ2) is 8.29. The van der Waals surface area contributed by atoms with E-state index in [9.17, 15) is 4.79 Å². The minimum absolute atomic E-state index is 0.119. The van der Waals surface area contributed by atoms with Gasteiger partial charge in [-0.05, 0) is 26.3 Å². The van der Waals surface area contributed by atoms with E-state index < -0.39 is 0 Å². The number of aromatic nitrogens is 3. The molecule has 6 nitrogen and oxygen atoms in total. The van der Waals surface area contributed by atoms with E-state index in [0.717, 1.165) is 17.0 Å². The predicted octanol–water partition coefficient (Wildman–Crippen LogP) is 3.88. The van der Waals surface area contributed by atoms with Gasteiger partial charge in [0.2, 0.25) is 11.1 Å². The third kappa shape index (κ3) is 3.74. The Labute approximate surface area is 175 Å². The second-order valence-electron chi connectivity index (χ2n) is 7.07. The zero-order valence-corrected chi connectivity index (χ0v) is 17.7. The van der Waals surface area contributed by atoms with E-state index in [0.29, 0.717) is 18.2 Å². The molecule has 1 amide bonds. The van der Waals surface area contributed by atoms with Gasteiger partial charge in [0.25, 0.3) is 0 Å². The number of hydrogen-bond acceptors (Lipinski definition) is 5. The first kappa shape index (κ1) is 19.5. The van der Waals surface area contributed by atoms with Gasteiger partial charge in [-0.25, -0.2) is 4.68 Å². The minimum Gasteiger partial charge on any atom is -0.342 e. The Balaban J connectivity index is 1.76. The lowest BCUT2D eigenvalue weighted by molar-refractivity contribution is -0.130. The Bertz CT molecular complexity index is 982. The van der Waals surface area contributed by atoms with E-state index in [1.165, 1.54) is 17.3 Å². The number of nitrogens with one attached hydrogen (secondary N) is 1. The molecule has 0 aliphatic carbocycles. The molecular formula is C22H25N5OS. The molecule has 2 atom stereocenters. The SMILES string of the molecule is CCN(CC)C(=O)[C@@H]1Sc2nnc(-c3ccccc3)n2N[C@@H]1c1ccc(C)cc1. The van der Waals surface area contributed by atoms with Crippen molar-refractivity contribution in [3.63, 3.8) is 0 Å². The summed E-state index contributed by atoms with van der Waals surface area (Å²) in [7, 11) is 0. The first-order chi connectivity index (χ1) is 14.1. The number of thioether (sulfide) groups is 1. The summed E-state index contributed by atoms with van der Waals surface area (Å²) in [5.74, 6) is 0.868. The van der Waals surface area contributed by atoms with Gasteiger partial charge in [-0.3, -0.25) is 4.79 Å². The highest BCUT2D eigenvalue weighted by molar-refractivity contribution is 8.00. The Kier molecular flexibility index (Phi) is 5.58. The summed E-state index contributed by atoms with van der Waals surface area (Å²) in [5, 5.41) is 9.15. The van der Waals surface area contributed by atoms with Crippen molar-refractivity contribution in [2.45, 2.75) is 37.2 Å². The van der Waals surface area contributed by atoms with Gasteiger partial charge in [0, 0.05) is 18.7 Å². The van der Waals surface area contributed by atoms with Crippen molar-refractivity contribution in [3.8, 4) is 11.4 Å². The Morgan fingerprint density at radius 3 is 2.41 bits per heavy atom. The van der Waals surface area contributed by atoms with E-state index in [1.807, 2.05) is 53.8 Å². The van der Waals surface area contributed by atoms with Gasteiger partial charge in [0.05, 0.1) is 6.04 Å². The van der Waals surface area contributed by atoms with Gasteiger partial charge in [-0.1, -0.05) is 71.9 Å². The van der Waals surface area contributed by atoms with Crippen LogP contribution in [-0.2, 0) is 4.79 Å². The molecule has 1 aliphatic heterocycles. The topological polar surface area (TPSA) is 63.1 Å². The summed E-state index contributed by atoms with van der Waals surface area (Å²) in [5.41, 5.74) is 6.79. The Morgan fingerprint density at radius 2 is 1.76 bits per heavy atom. The maximum absolute atomic E-state index is 13.3. The molecule has 4 rings (SSSR count). The van der Waals surface area contributed by atoms with Crippen LogP contribution in [-0.4, -0.2) is 44.0 Å². The number of fused-ring (bicyclic) bond motifs is 1. The highest BCUT2D eigenvalue weighted by Gasteiger charge is 2.39. The van der Waals surface area contributed by atoms with Crippen LogP contribution in [0, 0.1) is 6.92 Å². The second-order valence-corrected chi connectivity index (χ2v) is 8.18. The van der Waals surface area contributed by atoms with Crippen LogP contribution in [0.2, 0.25) is 0 Å². The largest absolute Gasteiger partial charge is 0.342 e. The van der Waals surface area contributed by atoms with E-state index >= 15 is 0 Å². The molecule has 1 aliphatic rings. The quantitative estimate of drug-likeness (QED) is 0.695. The summed E-state index contributed by atoms with van der Waals surface area (Å²) in [6, 6.07) is 18.1. The number of aryl methyl sites for hydroxylation is 1. The highest BCUT2D eigenvalue weighted by atomic mass is 32.2. The molecule has 29 heavy (non-hydrogen) atoms. The number of amides is 1. The lowest BCUT2D eigenvalue weighted by Gasteiger charge is -2.35. The molecule has 7 heteroatoms. The molecule has 150 valence electrons. The van der Waals surface area contributed by atoms with Crippen molar-refractivity contribution in [1.82, 2.24) is 19.8 Å². The summed E-state index contributed by atoms with van der Waals surface area (Å²) >= 11 is 1.48. The van der Waals surface area contributed by atoms with Gasteiger partial charge in [-0.15, -0.1) is 10.2 Å². The van der Waals surface area contributed by atoms with Gasteiger partial charge in [0.15, 0.2) is 5.82 Å². The summed E-state index contributed by atoms with van der Waals surface area (Å²) in [6.07, 6.45) is 0. The molecule has 0 unspecified atom stereocenters. The standard InChI is InChI=1S/C22H25N5OS/c1-4-26(5-2)21(28)19-18(16-13-11-15(3)12-14-16)25-27-20(23-24-22(27)29-19)17-9-7-6-8-10-17/h6-14,18-19,25H,4-5H2,1-3H3/t18-,19-/m1/s1. The smallest absolute Gasteiger partial charge is 0.238 e. The zero-order valence-electron chi connectivity index (χ0n) is 16.9. The Hall–Kier alpha value is -2.80. The maximum Gasteiger partial charge on any atom is 0.238 e. The van der Waals surface area contributed by atoms with Crippen LogP contribution < -0.4 is 5.43 Å². The van der Waals surface area contributed by atoms with Crippen LogP contribution in [0.3, 0.4) is 0 Å². The van der Waals surface area contributed by atoms with Crippen LogP contribution >= 0.6 is 11.8 Å². The fraction of sp³-hybridized carbons (Fsp3) is 0.318. The number of rotatable bonds is 5. The first-order valence-electron chi connectivity index (χ1n) is 9.91. The molecule has 1 aromatic heterocycles. The number of hydrogen-bond donors (Lipinski definition) is 1. The monoisotopic (exact) mass is 407 g/mol. The number of nitrogens with zero attached hydrogens (tertiary/aromatic N) is 4. The predicted molar refractivity (Wildman–Crippen MR) is 116 cm³/mol. The van der Waals surface area contributed by atoms with Gasteiger partial charge >= 0.3 is 0 Å². The van der Waals surface area contributed by atoms with Gasteiger partial charge in [-0.2, -0.15) is 0 Å². The zero-order chi connectivity index (χ0) is 20.4. The van der Waals surface area contributed by atoms with Crippen molar-refractivity contribution in [2.75, 3.05) is 18.5 Å². The molecule has 0 bridgehead atoms. The van der Waals surface area contributed by atoms with Gasteiger partial charge < -0.3 is 10.3 Å². The third-order valence-corrected chi connectivity index (χ3v) is 6.43. The first-order valence-corrected chi connectivity index (χ1v) is 10.8.